The Morgan fingerprint density at radius 2 is 1.95 bits per heavy atom. The predicted octanol–water partition coefficient (Wildman–Crippen LogP) is 3.78. The number of anilines is 1. The number of fused-ring (bicyclic) bond motifs is 1. The van der Waals surface area contributed by atoms with Gasteiger partial charge in [-0.25, -0.2) is 18.3 Å². The summed E-state index contributed by atoms with van der Waals surface area (Å²) in [5, 5.41) is 14.5. The zero-order valence-electron chi connectivity index (χ0n) is 20.7. The lowest BCUT2D eigenvalue weighted by Crippen LogP contribution is -2.35. The number of nitrogens with one attached hydrogen (secondary N) is 1. The van der Waals surface area contributed by atoms with E-state index in [1.165, 1.54) is 12.4 Å². The van der Waals surface area contributed by atoms with Gasteiger partial charge in [-0.1, -0.05) is 32.9 Å². The molecule has 0 unspecified atom stereocenters. The van der Waals surface area contributed by atoms with Gasteiger partial charge in [0.25, 0.3) is 6.43 Å². The van der Waals surface area contributed by atoms with Gasteiger partial charge in [-0.3, -0.25) is 4.79 Å². The van der Waals surface area contributed by atoms with Crippen LogP contribution in [0.1, 0.15) is 54.9 Å². The average Bonchev–Trinajstić information content (AvgIpc) is 3.55. The number of carbonyl (C=O) groups excluding carboxylic acids is 1. The normalized spacial score (nSPS) is 14.5. The summed E-state index contributed by atoms with van der Waals surface area (Å²) in [6, 6.07) is 6.63. The van der Waals surface area contributed by atoms with Gasteiger partial charge in [0.05, 0.1) is 36.3 Å². The highest BCUT2D eigenvalue weighted by Crippen LogP contribution is 2.32. The lowest BCUT2D eigenvalue weighted by Gasteiger charge is -2.27. The van der Waals surface area contributed by atoms with E-state index in [0.29, 0.717) is 35.9 Å². The van der Waals surface area contributed by atoms with Crippen LogP contribution in [0, 0.1) is 0 Å². The molecule has 0 aliphatic carbocycles. The summed E-state index contributed by atoms with van der Waals surface area (Å²) in [5.41, 5.74) is 2.39. The molecule has 4 aromatic rings. The number of morpholine rings is 1. The standard InChI is InChI=1S/C25H27F2N7O3/c1-25(2,3)24-32-31-23(37-24)22(35)28-12-16-5-4-15(10-18(16)21(26)27)20-19-11-17(13-34(19)30-14-29-20)33-6-8-36-9-7-33/h4-5,10-11,13-14,21H,6-9,12H2,1-3H3,(H,28,35). The Hall–Kier alpha value is -3.93. The number of aromatic nitrogens is 5. The summed E-state index contributed by atoms with van der Waals surface area (Å²) in [7, 11) is 0. The van der Waals surface area contributed by atoms with Crippen LogP contribution in [0.15, 0.2) is 41.2 Å². The highest BCUT2D eigenvalue weighted by molar-refractivity contribution is 5.89. The number of rotatable bonds is 6. The number of halogens is 2. The van der Waals surface area contributed by atoms with Crippen molar-refractivity contribution in [2.24, 2.45) is 0 Å². The first kappa shape index (κ1) is 24.8. The molecule has 1 amide bonds. The Balaban J connectivity index is 1.39. The molecular weight excluding hydrogens is 484 g/mol. The van der Waals surface area contributed by atoms with E-state index in [0.717, 1.165) is 18.8 Å². The third-order valence-electron chi connectivity index (χ3n) is 6.12. The summed E-state index contributed by atoms with van der Waals surface area (Å²) in [6.45, 7) is 8.31. The highest BCUT2D eigenvalue weighted by Gasteiger charge is 2.24. The number of ether oxygens (including phenoxy) is 1. The van der Waals surface area contributed by atoms with Gasteiger partial charge in [-0.15, -0.1) is 10.2 Å². The molecule has 0 radical (unpaired) electrons. The van der Waals surface area contributed by atoms with Crippen molar-refractivity contribution in [3.63, 3.8) is 0 Å². The van der Waals surface area contributed by atoms with Gasteiger partial charge in [-0.2, -0.15) is 5.10 Å². The molecular formula is C25H27F2N7O3. The summed E-state index contributed by atoms with van der Waals surface area (Å²) < 4.78 is 40.7. The van der Waals surface area contributed by atoms with Crippen molar-refractivity contribution in [2.75, 3.05) is 31.2 Å². The van der Waals surface area contributed by atoms with Crippen molar-refractivity contribution in [1.82, 2.24) is 30.1 Å². The van der Waals surface area contributed by atoms with Crippen LogP contribution < -0.4 is 10.2 Å². The Kier molecular flexibility index (Phi) is 6.59. The van der Waals surface area contributed by atoms with Crippen LogP contribution in [0.25, 0.3) is 16.8 Å². The Bertz CT molecular complexity index is 1420. The number of benzene rings is 1. The molecule has 1 aliphatic rings. The molecule has 1 saturated heterocycles. The molecule has 1 fully saturated rings. The molecule has 5 rings (SSSR count). The molecule has 0 bridgehead atoms. The minimum absolute atomic E-state index is 0.127. The minimum atomic E-state index is -2.75. The molecule has 37 heavy (non-hydrogen) atoms. The molecule has 0 atom stereocenters. The van der Waals surface area contributed by atoms with E-state index in [1.807, 2.05) is 33.0 Å². The third-order valence-corrected chi connectivity index (χ3v) is 6.12. The second-order valence-corrected chi connectivity index (χ2v) is 9.80. The van der Waals surface area contributed by atoms with Gasteiger partial charge < -0.3 is 19.4 Å². The first-order valence-corrected chi connectivity index (χ1v) is 11.9. The highest BCUT2D eigenvalue weighted by atomic mass is 19.3. The van der Waals surface area contributed by atoms with Gasteiger partial charge in [-0.05, 0) is 17.7 Å². The first-order valence-electron chi connectivity index (χ1n) is 11.9. The molecule has 1 N–H and O–H groups in total. The first-order chi connectivity index (χ1) is 17.7. The smallest absolute Gasteiger partial charge is 0.309 e. The van der Waals surface area contributed by atoms with E-state index in [-0.39, 0.29) is 23.6 Å². The SMILES string of the molecule is CC(C)(C)c1nnc(C(=O)NCc2ccc(-c3ncnn4cc(N5CCOCC5)cc34)cc2C(F)F)o1. The largest absolute Gasteiger partial charge is 0.416 e. The van der Waals surface area contributed by atoms with Crippen LogP contribution >= 0.6 is 0 Å². The monoisotopic (exact) mass is 511 g/mol. The fourth-order valence-electron chi connectivity index (χ4n) is 4.11. The average molecular weight is 512 g/mol. The van der Waals surface area contributed by atoms with Gasteiger partial charge in [0.15, 0.2) is 0 Å². The fraction of sp³-hybridized carbons (Fsp3) is 0.400. The lowest BCUT2D eigenvalue weighted by molar-refractivity contribution is 0.0911. The molecule has 1 aliphatic heterocycles. The predicted molar refractivity (Wildman–Crippen MR) is 131 cm³/mol. The van der Waals surface area contributed by atoms with Crippen molar-refractivity contribution < 1.29 is 22.7 Å². The van der Waals surface area contributed by atoms with Crippen LogP contribution in [0.3, 0.4) is 0 Å². The van der Waals surface area contributed by atoms with Gasteiger partial charge in [0.1, 0.15) is 6.33 Å². The fourth-order valence-corrected chi connectivity index (χ4v) is 4.11. The topological polar surface area (TPSA) is 111 Å². The van der Waals surface area contributed by atoms with Crippen molar-refractivity contribution in [1.29, 1.82) is 0 Å². The van der Waals surface area contributed by atoms with Crippen molar-refractivity contribution >= 4 is 17.1 Å². The summed E-state index contributed by atoms with van der Waals surface area (Å²) in [6.07, 6.45) is 0.542. The van der Waals surface area contributed by atoms with Crippen molar-refractivity contribution in [3.05, 3.63) is 59.7 Å². The van der Waals surface area contributed by atoms with E-state index < -0.39 is 17.7 Å². The van der Waals surface area contributed by atoms with Gasteiger partial charge in [0, 0.05) is 36.2 Å². The molecule has 1 aromatic carbocycles. The van der Waals surface area contributed by atoms with Gasteiger partial charge >= 0.3 is 11.8 Å². The summed E-state index contributed by atoms with van der Waals surface area (Å²) in [5.74, 6) is -0.532. The number of hydrogen-bond donors (Lipinski definition) is 1. The zero-order valence-corrected chi connectivity index (χ0v) is 20.7. The summed E-state index contributed by atoms with van der Waals surface area (Å²) in [4.78, 5) is 19.1. The number of amides is 1. The quantitative estimate of drug-likeness (QED) is 0.417. The number of nitrogens with zero attached hydrogens (tertiary/aromatic N) is 6. The molecule has 0 saturated carbocycles. The third kappa shape index (κ3) is 5.15. The van der Waals surface area contributed by atoms with Crippen LogP contribution in [0.2, 0.25) is 0 Å². The van der Waals surface area contributed by atoms with Crippen molar-refractivity contribution in [2.45, 2.75) is 39.2 Å². The van der Waals surface area contributed by atoms with Crippen LogP contribution in [0.5, 0.6) is 0 Å². The molecule has 10 nitrogen and oxygen atoms in total. The second-order valence-electron chi connectivity index (χ2n) is 9.80. The number of hydrogen-bond acceptors (Lipinski definition) is 8. The molecule has 12 heteroatoms. The molecule has 0 spiro atoms. The van der Waals surface area contributed by atoms with Crippen LogP contribution in [0.4, 0.5) is 14.5 Å². The van der Waals surface area contributed by atoms with E-state index in [2.05, 4.69) is 30.5 Å². The Morgan fingerprint density at radius 1 is 1.16 bits per heavy atom. The maximum absolute atomic E-state index is 14.1. The maximum atomic E-state index is 14.1. The summed E-state index contributed by atoms with van der Waals surface area (Å²) >= 11 is 0. The van der Waals surface area contributed by atoms with Crippen LogP contribution in [-0.4, -0.2) is 57.0 Å². The van der Waals surface area contributed by atoms with E-state index in [9.17, 15) is 13.6 Å². The lowest BCUT2D eigenvalue weighted by atomic mass is 9.97. The molecule has 4 heterocycles. The molecule has 194 valence electrons. The van der Waals surface area contributed by atoms with Crippen LogP contribution in [-0.2, 0) is 16.7 Å². The maximum Gasteiger partial charge on any atom is 0.309 e. The zero-order chi connectivity index (χ0) is 26.2. The van der Waals surface area contributed by atoms with E-state index >= 15 is 0 Å². The van der Waals surface area contributed by atoms with E-state index in [1.54, 1.807) is 16.6 Å². The molecule has 3 aromatic heterocycles. The van der Waals surface area contributed by atoms with Crippen molar-refractivity contribution in [3.8, 4) is 11.3 Å². The Morgan fingerprint density at radius 3 is 2.65 bits per heavy atom. The number of alkyl halides is 2. The number of carbonyl (C=O) groups is 1. The minimum Gasteiger partial charge on any atom is -0.416 e. The van der Waals surface area contributed by atoms with Gasteiger partial charge in [0.2, 0.25) is 5.89 Å². The Labute approximate surface area is 211 Å². The second kappa shape index (κ2) is 9.85. The van der Waals surface area contributed by atoms with E-state index in [4.69, 9.17) is 9.15 Å².